The molecule has 0 aromatic heterocycles. The molecule has 2 atom stereocenters. The fourth-order valence-electron chi connectivity index (χ4n) is 3.49. The SMILES string of the molecule is O=C1CCC(NC2CC(=O)N(C3CCCC3)C2=O)CN1. The molecular formula is C14H21N3O3. The normalized spacial score (nSPS) is 32.0. The Bertz CT molecular complexity index is 421. The lowest BCUT2D eigenvalue weighted by Gasteiger charge is -2.27. The lowest BCUT2D eigenvalue weighted by molar-refractivity contribution is -0.141. The number of piperidine rings is 1. The van der Waals surface area contributed by atoms with Crippen molar-refractivity contribution in [1.82, 2.24) is 15.5 Å². The van der Waals surface area contributed by atoms with Crippen LogP contribution in [0.15, 0.2) is 0 Å². The zero-order valence-electron chi connectivity index (χ0n) is 11.6. The van der Waals surface area contributed by atoms with Gasteiger partial charge in [0.25, 0.3) is 0 Å². The van der Waals surface area contributed by atoms with E-state index in [2.05, 4.69) is 10.6 Å². The Morgan fingerprint density at radius 2 is 1.85 bits per heavy atom. The third-order valence-electron chi connectivity index (χ3n) is 4.58. The van der Waals surface area contributed by atoms with E-state index in [0.717, 1.165) is 32.1 Å². The number of hydrogen-bond donors (Lipinski definition) is 2. The highest BCUT2D eigenvalue weighted by molar-refractivity contribution is 6.05. The minimum Gasteiger partial charge on any atom is -0.355 e. The zero-order valence-corrected chi connectivity index (χ0v) is 11.6. The maximum absolute atomic E-state index is 12.4. The molecule has 0 aromatic carbocycles. The van der Waals surface area contributed by atoms with Crippen LogP contribution in [-0.2, 0) is 14.4 Å². The van der Waals surface area contributed by atoms with Crippen LogP contribution in [0.2, 0.25) is 0 Å². The first-order chi connectivity index (χ1) is 9.65. The lowest BCUT2D eigenvalue weighted by atomic mass is 10.1. The monoisotopic (exact) mass is 279 g/mol. The average molecular weight is 279 g/mol. The molecule has 0 aromatic rings. The molecule has 6 heteroatoms. The van der Waals surface area contributed by atoms with Gasteiger partial charge in [0, 0.05) is 25.0 Å². The molecule has 2 N–H and O–H groups in total. The minimum absolute atomic E-state index is 0.0424. The number of imide groups is 1. The number of nitrogens with one attached hydrogen (secondary N) is 2. The van der Waals surface area contributed by atoms with Gasteiger partial charge in [-0.25, -0.2) is 0 Å². The largest absolute Gasteiger partial charge is 0.355 e. The van der Waals surface area contributed by atoms with Gasteiger partial charge in [-0.2, -0.15) is 0 Å². The van der Waals surface area contributed by atoms with Crippen LogP contribution in [-0.4, -0.2) is 47.3 Å². The summed E-state index contributed by atoms with van der Waals surface area (Å²) in [6, 6.07) is -0.186. The first kappa shape index (κ1) is 13.5. The quantitative estimate of drug-likeness (QED) is 0.709. The van der Waals surface area contributed by atoms with Crippen molar-refractivity contribution in [2.45, 2.75) is 63.1 Å². The van der Waals surface area contributed by atoms with Gasteiger partial charge in [-0.15, -0.1) is 0 Å². The van der Waals surface area contributed by atoms with Crippen molar-refractivity contribution in [1.29, 1.82) is 0 Å². The van der Waals surface area contributed by atoms with Crippen molar-refractivity contribution >= 4 is 17.7 Å². The molecule has 0 radical (unpaired) electrons. The van der Waals surface area contributed by atoms with Crippen LogP contribution in [0.5, 0.6) is 0 Å². The molecule has 0 bridgehead atoms. The molecule has 2 heterocycles. The Morgan fingerprint density at radius 1 is 1.10 bits per heavy atom. The van der Waals surface area contributed by atoms with Gasteiger partial charge in [0.1, 0.15) is 0 Å². The van der Waals surface area contributed by atoms with Crippen LogP contribution < -0.4 is 10.6 Å². The Kier molecular flexibility index (Phi) is 3.74. The summed E-state index contributed by atoms with van der Waals surface area (Å²) in [4.78, 5) is 37.1. The standard InChI is InChI=1S/C14H21N3O3/c18-12-6-5-9(8-15-12)16-11-7-13(19)17(14(11)20)10-3-1-2-4-10/h9-11,16H,1-8H2,(H,15,18). The number of likely N-dealkylation sites (tertiary alicyclic amines) is 1. The van der Waals surface area contributed by atoms with Gasteiger partial charge in [-0.1, -0.05) is 12.8 Å². The maximum Gasteiger partial charge on any atom is 0.247 e. The van der Waals surface area contributed by atoms with Crippen LogP contribution in [0.1, 0.15) is 44.9 Å². The van der Waals surface area contributed by atoms with Crippen molar-refractivity contribution < 1.29 is 14.4 Å². The van der Waals surface area contributed by atoms with Gasteiger partial charge in [0.2, 0.25) is 17.7 Å². The number of carbonyl (C=O) groups is 3. The van der Waals surface area contributed by atoms with Gasteiger partial charge in [0.05, 0.1) is 12.5 Å². The third-order valence-corrected chi connectivity index (χ3v) is 4.58. The van der Waals surface area contributed by atoms with E-state index in [1.54, 1.807) is 0 Å². The van der Waals surface area contributed by atoms with Gasteiger partial charge < -0.3 is 10.6 Å². The summed E-state index contributed by atoms with van der Waals surface area (Å²) in [6.45, 7) is 0.542. The molecule has 6 nitrogen and oxygen atoms in total. The first-order valence-corrected chi connectivity index (χ1v) is 7.54. The average Bonchev–Trinajstić information content (AvgIpc) is 3.02. The summed E-state index contributed by atoms with van der Waals surface area (Å²) in [5, 5.41) is 6.03. The molecule has 3 aliphatic rings. The number of rotatable bonds is 3. The van der Waals surface area contributed by atoms with E-state index < -0.39 is 6.04 Å². The Balaban J connectivity index is 1.59. The second kappa shape index (κ2) is 5.52. The molecule has 3 amide bonds. The number of nitrogens with zero attached hydrogens (tertiary/aromatic N) is 1. The lowest BCUT2D eigenvalue weighted by Crippen LogP contribution is -2.51. The molecule has 2 saturated heterocycles. The summed E-state index contributed by atoms with van der Waals surface area (Å²) >= 11 is 0. The smallest absolute Gasteiger partial charge is 0.247 e. The summed E-state index contributed by atoms with van der Waals surface area (Å²) in [5.74, 6) is -0.0532. The van der Waals surface area contributed by atoms with Crippen molar-refractivity contribution in [3.05, 3.63) is 0 Å². The summed E-state index contributed by atoms with van der Waals surface area (Å²) in [7, 11) is 0. The van der Waals surface area contributed by atoms with Crippen LogP contribution in [0.4, 0.5) is 0 Å². The minimum atomic E-state index is -0.400. The van der Waals surface area contributed by atoms with E-state index in [1.807, 2.05) is 0 Å². The Morgan fingerprint density at radius 3 is 2.50 bits per heavy atom. The van der Waals surface area contributed by atoms with E-state index >= 15 is 0 Å². The predicted octanol–water partition coefficient (Wildman–Crippen LogP) is -0.0753. The van der Waals surface area contributed by atoms with Gasteiger partial charge >= 0.3 is 0 Å². The molecule has 20 heavy (non-hydrogen) atoms. The highest BCUT2D eigenvalue weighted by Gasteiger charge is 2.43. The van der Waals surface area contributed by atoms with E-state index in [1.165, 1.54) is 4.90 Å². The fourth-order valence-corrected chi connectivity index (χ4v) is 3.49. The molecule has 1 aliphatic carbocycles. The fraction of sp³-hybridized carbons (Fsp3) is 0.786. The molecule has 0 spiro atoms. The third kappa shape index (κ3) is 2.57. The first-order valence-electron chi connectivity index (χ1n) is 7.54. The molecule has 110 valence electrons. The molecule has 1 saturated carbocycles. The highest BCUT2D eigenvalue weighted by atomic mass is 16.2. The molecule has 2 aliphatic heterocycles. The predicted molar refractivity (Wildman–Crippen MR) is 71.7 cm³/mol. The topological polar surface area (TPSA) is 78.5 Å². The van der Waals surface area contributed by atoms with Gasteiger partial charge in [-0.05, 0) is 19.3 Å². The van der Waals surface area contributed by atoms with Crippen molar-refractivity contribution in [2.24, 2.45) is 0 Å². The highest BCUT2D eigenvalue weighted by Crippen LogP contribution is 2.28. The summed E-state index contributed by atoms with van der Waals surface area (Å²) < 4.78 is 0. The van der Waals surface area contributed by atoms with Crippen LogP contribution in [0, 0.1) is 0 Å². The van der Waals surface area contributed by atoms with E-state index in [-0.39, 0.29) is 36.2 Å². The molecule has 2 unspecified atom stereocenters. The second-order valence-electron chi connectivity index (χ2n) is 6.00. The van der Waals surface area contributed by atoms with Crippen molar-refractivity contribution in [3.63, 3.8) is 0 Å². The number of hydrogen-bond acceptors (Lipinski definition) is 4. The Labute approximate surface area is 118 Å². The van der Waals surface area contributed by atoms with E-state index in [4.69, 9.17) is 0 Å². The zero-order chi connectivity index (χ0) is 14.1. The van der Waals surface area contributed by atoms with E-state index in [9.17, 15) is 14.4 Å². The summed E-state index contributed by atoms with van der Waals surface area (Å²) in [5.41, 5.74) is 0. The van der Waals surface area contributed by atoms with Crippen molar-refractivity contribution in [3.8, 4) is 0 Å². The van der Waals surface area contributed by atoms with Crippen LogP contribution in [0.25, 0.3) is 0 Å². The second-order valence-corrected chi connectivity index (χ2v) is 6.00. The van der Waals surface area contributed by atoms with Gasteiger partial charge in [0.15, 0.2) is 0 Å². The van der Waals surface area contributed by atoms with E-state index in [0.29, 0.717) is 13.0 Å². The summed E-state index contributed by atoms with van der Waals surface area (Å²) in [6.07, 6.45) is 5.59. The number of amides is 3. The molecule has 3 rings (SSSR count). The van der Waals surface area contributed by atoms with Gasteiger partial charge in [-0.3, -0.25) is 19.3 Å². The number of carbonyl (C=O) groups excluding carboxylic acids is 3. The maximum atomic E-state index is 12.4. The Hall–Kier alpha value is -1.43. The molecular weight excluding hydrogens is 258 g/mol. The molecule has 3 fully saturated rings. The van der Waals surface area contributed by atoms with Crippen molar-refractivity contribution in [2.75, 3.05) is 6.54 Å². The van der Waals surface area contributed by atoms with Crippen LogP contribution in [0.3, 0.4) is 0 Å². The van der Waals surface area contributed by atoms with Crippen LogP contribution >= 0.6 is 0 Å².